The van der Waals surface area contributed by atoms with Crippen LogP contribution in [0.5, 0.6) is 0 Å². The monoisotopic (exact) mass is 353 g/mol. The first-order valence-corrected chi connectivity index (χ1v) is 7.83. The molecule has 25 heavy (non-hydrogen) atoms. The fraction of sp³-hybridized carbons (Fsp3) is 0.353. The minimum atomic E-state index is -4.50. The summed E-state index contributed by atoms with van der Waals surface area (Å²) in [6.45, 7) is 0.447. The van der Waals surface area contributed by atoms with Gasteiger partial charge in [-0.3, -0.25) is 9.59 Å². The number of halogens is 3. The molecule has 0 saturated carbocycles. The molecule has 5 nitrogen and oxygen atoms in total. The lowest BCUT2D eigenvalue weighted by atomic mass is 10.2. The van der Waals surface area contributed by atoms with Crippen molar-refractivity contribution in [2.45, 2.75) is 25.9 Å². The Labute approximate surface area is 142 Å². The zero-order chi connectivity index (χ0) is 18.4. The Bertz CT molecular complexity index is 773. The van der Waals surface area contributed by atoms with Gasteiger partial charge in [0.25, 0.3) is 11.5 Å². The first kappa shape index (κ1) is 18.7. The molecule has 2 aromatic rings. The SMILES string of the molecule is CCCCN(CC(F)(F)F)C(=O)c1ccc(=O)n(-c2ccccc2)n1. The van der Waals surface area contributed by atoms with Gasteiger partial charge in [0.2, 0.25) is 0 Å². The number of carbonyl (C=O) groups is 1. The Kier molecular flexibility index (Phi) is 5.95. The number of hydrogen-bond donors (Lipinski definition) is 0. The summed E-state index contributed by atoms with van der Waals surface area (Å²) in [6, 6.07) is 10.6. The van der Waals surface area contributed by atoms with Gasteiger partial charge in [-0.05, 0) is 24.6 Å². The smallest absolute Gasteiger partial charge is 0.328 e. The molecule has 0 bridgehead atoms. The van der Waals surface area contributed by atoms with Crippen LogP contribution in [0.25, 0.3) is 5.69 Å². The van der Waals surface area contributed by atoms with Gasteiger partial charge in [-0.25, -0.2) is 0 Å². The highest BCUT2D eigenvalue weighted by atomic mass is 19.4. The standard InChI is InChI=1S/C17H18F3N3O2/c1-2-3-11-22(12-17(18,19)20)16(25)14-9-10-15(24)23(21-14)13-7-5-4-6-8-13/h4-10H,2-3,11-12H2,1H3. The molecule has 0 atom stereocenters. The lowest BCUT2D eigenvalue weighted by Crippen LogP contribution is -2.40. The number of hydrogen-bond acceptors (Lipinski definition) is 3. The summed E-state index contributed by atoms with van der Waals surface area (Å²) in [5.41, 5.74) is -0.249. The van der Waals surface area contributed by atoms with Crippen molar-refractivity contribution in [3.05, 3.63) is 58.5 Å². The van der Waals surface area contributed by atoms with Gasteiger partial charge in [0.1, 0.15) is 12.2 Å². The van der Waals surface area contributed by atoms with Gasteiger partial charge in [-0.1, -0.05) is 31.5 Å². The number of aromatic nitrogens is 2. The maximum absolute atomic E-state index is 12.7. The topological polar surface area (TPSA) is 55.2 Å². The van der Waals surface area contributed by atoms with E-state index in [2.05, 4.69) is 5.10 Å². The summed E-state index contributed by atoms with van der Waals surface area (Å²) in [4.78, 5) is 25.1. The molecule has 0 radical (unpaired) electrons. The number of unbranched alkanes of at least 4 members (excludes halogenated alkanes) is 1. The summed E-state index contributed by atoms with van der Waals surface area (Å²) in [7, 11) is 0. The molecule has 0 N–H and O–H groups in total. The van der Waals surface area contributed by atoms with Crippen molar-refractivity contribution in [1.29, 1.82) is 0 Å². The fourth-order valence-corrected chi connectivity index (χ4v) is 2.26. The van der Waals surface area contributed by atoms with Gasteiger partial charge in [0, 0.05) is 12.6 Å². The first-order valence-electron chi connectivity index (χ1n) is 7.83. The van der Waals surface area contributed by atoms with Gasteiger partial charge in [0.05, 0.1) is 5.69 Å². The van der Waals surface area contributed by atoms with Crippen LogP contribution in [-0.2, 0) is 0 Å². The molecule has 1 aromatic carbocycles. The van der Waals surface area contributed by atoms with Crippen LogP contribution in [0, 0.1) is 0 Å². The summed E-state index contributed by atoms with van der Waals surface area (Å²) < 4.78 is 39.2. The Morgan fingerprint density at radius 1 is 1.16 bits per heavy atom. The van der Waals surface area contributed by atoms with Gasteiger partial charge < -0.3 is 4.90 Å². The Morgan fingerprint density at radius 3 is 2.44 bits per heavy atom. The number of benzene rings is 1. The van der Waals surface area contributed by atoms with E-state index in [1.807, 2.05) is 6.92 Å². The molecule has 0 unspecified atom stereocenters. The lowest BCUT2D eigenvalue weighted by Gasteiger charge is -2.23. The average Bonchev–Trinajstić information content (AvgIpc) is 2.58. The van der Waals surface area contributed by atoms with Crippen molar-refractivity contribution < 1.29 is 18.0 Å². The molecule has 2 rings (SSSR count). The van der Waals surface area contributed by atoms with Crippen molar-refractivity contribution >= 4 is 5.91 Å². The van der Waals surface area contributed by atoms with Crippen LogP contribution in [-0.4, -0.2) is 39.9 Å². The Morgan fingerprint density at radius 2 is 1.84 bits per heavy atom. The van der Waals surface area contributed by atoms with Crippen LogP contribution in [0.15, 0.2) is 47.3 Å². The molecule has 0 saturated heterocycles. The number of amides is 1. The summed E-state index contributed by atoms with van der Waals surface area (Å²) >= 11 is 0. The second-order valence-corrected chi connectivity index (χ2v) is 5.50. The predicted molar refractivity (Wildman–Crippen MR) is 86.7 cm³/mol. The van der Waals surface area contributed by atoms with E-state index in [1.165, 1.54) is 0 Å². The van der Waals surface area contributed by atoms with Crippen molar-refractivity contribution in [2.75, 3.05) is 13.1 Å². The minimum Gasteiger partial charge on any atom is -0.328 e. The van der Waals surface area contributed by atoms with Crippen molar-refractivity contribution in [3.63, 3.8) is 0 Å². The molecule has 1 amide bonds. The normalized spacial score (nSPS) is 11.4. The largest absolute Gasteiger partial charge is 0.406 e. The number of alkyl halides is 3. The number of carbonyl (C=O) groups excluding carboxylic acids is 1. The van der Waals surface area contributed by atoms with Crippen molar-refractivity contribution in [1.82, 2.24) is 14.7 Å². The first-order chi connectivity index (χ1) is 11.8. The second kappa shape index (κ2) is 7.96. The van der Waals surface area contributed by atoms with Crippen molar-refractivity contribution in [2.24, 2.45) is 0 Å². The van der Waals surface area contributed by atoms with E-state index in [4.69, 9.17) is 0 Å². The van der Waals surface area contributed by atoms with E-state index in [-0.39, 0.29) is 12.2 Å². The molecule has 0 fully saturated rings. The Hall–Kier alpha value is -2.64. The van der Waals surface area contributed by atoms with E-state index in [0.29, 0.717) is 23.4 Å². The average molecular weight is 353 g/mol. The third-order valence-electron chi connectivity index (χ3n) is 3.46. The Balaban J connectivity index is 2.35. The van der Waals surface area contributed by atoms with Crippen LogP contribution in [0.4, 0.5) is 13.2 Å². The molecule has 0 aliphatic carbocycles. The number of nitrogens with zero attached hydrogens (tertiary/aromatic N) is 3. The highest BCUT2D eigenvalue weighted by Crippen LogP contribution is 2.18. The fourth-order valence-electron chi connectivity index (χ4n) is 2.26. The molecule has 8 heteroatoms. The summed E-state index contributed by atoms with van der Waals surface area (Å²) in [6.07, 6.45) is -3.41. The molecular formula is C17H18F3N3O2. The molecule has 1 aromatic heterocycles. The number of rotatable bonds is 6. The summed E-state index contributed by atoms with van der Waals surface area (Å²) in [5, 5.41) is 3.95. The highest BCUT2D eigenvalue weighted by molar-refractivity contribution is 5.92. The molecule has 134 valence electrons. The lowest BCUT2D eigenvalue weighted by molar-refractivity contribution is -0.140. The van der Waals surface area contributed by atoms with Gasteiger partial charge in [-0.2, -0.15) is 23.0 Å². The zero-order valence-electron chi connectivity index (χ0n) is 13.7. The van der Waals surface area contributed by atoms with Crippen LogP contribution in [0.3, 0.4) is 0 Å². The van der Waals surface area contributed by atoms with E-state index < -0.39 is 24.2 Å². The molecular weight excluding hydrogens is 335 g/mol. The highest BCUT2D eigenvalue weighted by Gasteiger charge is 2.33. The minimum absolute atomic E-state index is 0.0268. The maximum Gasteiger partial charge on any atom is 0.406 e. The zero-order valence-corrected chi connectivity index (χ0v) is 13.7. The van der Waals surface area contributed by atoms with Gasteiger partial charge >= 0.3 is 6.18 Å². The van der Waals surface area contributed by atoms with E-state index in [0.717, 1.165) is 16.8 Å². The van der Waals surface area contributed by atoms with Crippen LogP contribution >= 0.6 is 0 Å². The van der Waals surface area contributed by atoms with Crippen LogP contribution < -0.4 is 5.56 Å². The molecule has 1 heterocycles. The molecule has 0 spiro atoms. The van der Waals surface area contributed by atoms with E-state index in [9.17, 15) is 22.8 Å². The maximum atomic E-state index is 12.7. The number of para-hydroxylation sites is 1. The molecule has 0 aliphatic rings. The molecule has 0 aliphatic heterocycles. The van der Waals surface area contributed by atoms with E-state index >= 15 is 0 Å². The van der Waals surface area contributed by atoms with Crippen molar-refractivity contribution in [3.8, 4) is 5.69 Å². The third-order valence-corrected chi connectivity index (χ3v) is 3.46. The predicted octanol–water partition coefficient (Wildman–Crippen LogP) is 3.04. The summed E-state index contributed by atoms with van der Waals surface area (Å²) in [5.74, 6) is -0.851. The third kappa shape index (κ3) is 5.17. The quantitative estimate of drug-likeness (QED) is 0.802. The van der Waals surface area contributed by atoms with E-state index in [1.54, 1.807) is 30.3 Å². The van der Waals surface area contributed by atoms with Crippen LogP contribution in [0.2, 0.25) is 0 Å². The van der Waals surface area contributed by atoms with Gasteiger partial charge in [0.15, 0.2) is 0 Å². The van der Waals surface area contributed by atoms with Gasteiger partial charge in [-0.15, -0.1) is 0 Å². The second-order valence-electron chi connectivity index (χ2n) is 5.50. The van der Waals surface area contributed by atoms with Crippen LogP contribution in [0.1, 0.15) is 30.3 Å².